The Hall–Kier alpha value is -3.11. The van der Waals surface area contributed by atoms with Gasteiger partial charge in [-0.3, -0.25) is 0 Å². The van der Waals surface area contributed by atoms with Gasteiger partial charge in [0.25, 0.3) is 0 Å². The van der Waals surface area contributed by atoms with Gasteiger partial charge in [0, 0.05) is 57.3 Å². The van der Waals surface area contributed by atoms with Crippen molar-refractivity contribution in [1.29, 1.82) is 0 Å². The first-order chi connectivity index (χ1) is 17.9. The number of fused-ring (bicyclic) bond motifs is 1. The minimum Gasteiger partial charge on any atom is -0.378 e. The number of hydrogen-bond acceptors (Lipinski definition) is 9. The van der Waals surface area contributed by atoms with E-state index >= 15 is 0 Å². The van der Waals surface area contributed by atoms with Crippen molar-refractivity contribution in [3.8, 4) is 0 Å². The molecule has 3 aromatic rings. The lowest BCUT2D eigenvalue weighted by molar-refractivity contribution is 0.0194. The van der Waals surface area contributed by atoms with Crippen LogP contribution in [0.15, 0.2) is 30.7 Å². The molecule has 2 atom stereocenters. The predicted octanol–water partition coefficient (Wildman–Crippen LogP) is 3.74. The number of nitrogens with one attached hydrogen (secondary N) is 1. The van der Waals surface area contributed by atoms with Gasteiger partial charge in [-0.15, -0.1) is 0 Å². The topological polar surface area (TPSA) is 82.5 Å². The second-order valence-corrected chi connectivity index (χ2v) is 11.0. The maximum atomic E-state index is 14.4. The highest BCUT2D eigenvalue weighted by atomic mass is 19.1. The van der Waals surface area contributed by atoms with Crippen LogP contribution in [0.2, 0.25) is 0 Å². The third-order valence-electron chi connectivity index (χ3n) is 8.13. The molecule has 0 radical (unpaired) electrons. The monoisotopic (exact) mass is 506 g/mol. The van der Waals surface area contributed by atoms with E-state index < -0.39 is 6.17 Å². The fourth-order valence-corrected chi connectivity index (χ4v) is 6.08. The van der Waals surface area contributed by atoms with Gasteiger partial charge in [0.2, 0.25) is 5.95 Å². The van der Waals surface area contributed by atoms with E-state index in [-0.39, 0.29) is 18.2 Å². The fourth-order valence-electron chi connectivity index (χ4n) is 6.08. The molecular weight excluding hydrogens is 471 g/mol. The molecule has 1 spiro atoms. The fraction of sp³-hybridized carbons (Fsp3) is 0.556. The van der Waals surface area contributed by atoms with E-state index in [1.807, 2.05) is 23.4 Å². The maximum absolute atomic E-state index is 14.4. The lowest BCUT2D eigenvalue weighted by Gasteiger charge is -2.62. The van der Waals surface area contributed by atoms with Crippen LogP contribution in [-0.4, -0.2) is 89.5 Å². The molecule has 3 aliphatic rings. The molecule has 0 amide bonds. The minimum atomic E-state index is -1.07. The standard InChI is InChI=1S/C27H35FN8O/c1-17(2)19-12-31-25(36-10-7-27(36)15-34(3)16-27)20-13-30-24(11-18(19)20)32-23-5-8-29-26(33-23)35-9-6-22(37-4)21(28)14-35/h5,8,11-13,17,21-22H,6-7,9-10,14-16H2,1-4H3,(H,29,30,32,33)/t21-,22+/m0/s1. The highest BCUT2D eigenvalue weighted by Crippen LogP contribution is 2.44. The van der Waals surface area contributed by atoms with Crippen LogP contribution in [0.3, 0.4) is 0 Å². The zero-order valence-corrected chi connectivity index (χ0v) is 22.0. The van der Waals surface area contributed by atoms with Gasteiger partial charge in [-0.05, 0) is 48.9 Å². The van der Waals surface area contributed by atoms with Gasteiger partial charge in [-0.1, -0.05) is 13.8 Å². The normalized spacial score (nSPS) is 23.4. The number of ether oxygens (including phenoxy) is 1. The summed E-state index contributed by atoms with van der Waals surface area (Å²) >= 11 is 0. The summed E-state index contributed by atoms with van der Waals surface area (Å²) in [6.45, 7) is 8.45. The summed E-state index contributed by atoms with van der Waals surface area (Å²) in [4.78, 5) is 25.4. The van der Waals surface area contributed by atoms with Crippen molar-refractivity contribution in [3.05, 3.63) is 36.3 Å². The van der Waals surface area contributed by atoms with Crippen LogP contribution >= 0.6 is 0 Å². The van der Waals surface area contributed by atoms with E-state index in [0.717, 1.165) is 36.2 Å². The molecule has 0 aromatic carbocycles. The average molecular weight is 507 g/mol. The molecule has 0 bridgehead atoms. The summed E-state index contributed by atoms with van der Waals surface area (Å²) in [5.74, 6) is 3.20. The number of pyridine rings is 2. The molecule has 3 fully saturated rings. The van der Waals surface area contributed by atoms with E-state index in [1.165, 1.54) is 12.0 Å². The first kappa shape index (κ1) is 24.2. The molecule has 0 unspecified atom stereocenters. The number of likely N-dealkylation sites (N-methyl/N-ethyl adjacent to an activating group) is 1. The number of piperidine rings is 1. The predicted molar refractivity (Wildman–Crippen MR) is 144 cm³/mol. The molecule has 0 saturated carbocycles. The maximum Gasteiger partial charge on any atom is 0.227 e. The second-order valence-electron chi connectivity index (χ2n) is 11.0. The van der Waals surface area contributed by atoms with Gasteiger partial charge in [0.15, 0.2) is 0 Å². The Kier molecular flexibility index (Phi) is 6.11. The number of likely N-dealkylation sites (tertiary alicyclic amines) is 1. The molecular formula is C27H35FN8O. The molecule has 10 heteroatoms. The Morgan fingerprint density at radius 2 is 1.95 bits per heavy atom. The molecule has 9 nitrogen and oxygen atoms in total. The van der Waals surface area contributed by atoms with Crippen LogP contribution < -0.4 is 15.1 Å². The number of alkyl halides is 1. The van der Waals surface area contributed by atoms with E-state index in [4.69, 9.17) is 14.7 Å². The van der Waals surface area contributed by atoms with Gasteiger partial charge in [-0.25, -0.2) is 19.3 Å². The zero-order valence-electron chi connectivity index (χ0n) is 22.0. The summed E-state index contributed by atoms with van der Waals surface area (Å²) in [6, 6.07) is 3.90. The van der Waals surface area contributed by atoms with Crippen LogP contribution in [-0.2, 0) is 4.74 Å². The van der Waals surface area contributed by atoms with Crippen molar-refractivity contribution >= 4 is 34.2 Å². The van der Waals surface area contributed by atoms with Crippen LogP contribution in [0.5, 0.6) is 0 Å². The number of nitrogens with zero attached hydrogens (tertiary/aromatic N) is 7. The lowest BCUT2D eigenvalue weighted by atomic mass is 9.77. The van der Waals surface area contributed by atoms with Crippen LogP contribution in [0, 0.1) is 0 Å². The van der Waals surface area contributed by atoms with Crippen molar-refractivity contribution < 1.29 is 9.13 Å². The summed E-state index contributed by atoms with van der Waals surface area (Å²) in [6.07, 6.45) is 6.04. The van der Waals surface area contributed by atoms with Gasteiger partial charge in [0.05, 0.1) is 18.2 Å². The lowest BCUT2D eigenvalue weighted by Crippen LogP contribution is -2.76. The van der Waals surface area contributed by atoms with Crippen LogP contribution in [0.4, 0.5) is 27.8 Å². The van der Waals surface area contributed by atoms with Crippen molar-refractivity contribution in [1.82, 2.24) is 24.8 Å². The Morgan fingerprint density at radius 1 is 1.11 bits per heavy atom. The smallest absolute Gasteiger partial charge is 0.227 e. The average Bonchev–Trinajstić information content (AvgIpc) is 2.86. The van der Waals surface area contributed by atoms with Crippen molar-refractivity contribution in [3.63, 3.8) is 0 Å². The molecule has 196 valence electrons. The molecule has 1 N–H and O–H groups in total. The largest absolute Gasteiger partial charge is 0.378 e. The molecule has 3 aliphatic heterocycles. The van der Waals surface area contributed by atoms with Gasteiger partial charge in [-0.2, -0.15) is 4.98 Å². The van der Waals surface area contributed by atoms with E-state index in [0.29, 0.717) is 36.5 Å². The highest BCUT2D eigenvalue weighted by Gasteiger charge is 2.53. The van der Waals surface area contributed by atoms with E-state index in [1.54, 1.807) is 13.3 Å². The third kappa shape index (κ3) is 4.25. The third-order valence-corrected chi connectivity index (χ3v) is 8.13. The molecule has 6 heterocycles. The second kappa shape index (κ2) is 9.33. The van der Waals surface area contributed by atoms with Crippen LogP contribution in [0.25, 0.3) is 10.8 Å². The number of methoxy groups -OCH3 is 1. The molecule has 37 heavy (non-hydrogen) atoms. The number of halogens is 1. The van der Waals surface area contributed by atoms with Crippen molar-refractivity contribution in [2.75, 3.05) is 62.0 Å². The number of anilines is 4. The molecule has 3 aromatic heterocycles. The van der Waals surface area contributed by atoms with Crippen molar-refractivity contribution in [2.45, 2.75) is 50.4 Å². The molecule has 3 saturated heterocycles. The summed E-state index contributed by atoms with van der Waals surface area (Å²) < 4.78 is 19.7. The summed E-state index contributed by atoms with van der Waals surface area (Å²) in [5, 5.41) is 5.59. The SMILES string of the molecule is CO[C@@H]1CCN(c2nccc(Nc3cc4c(C(C)C)cnc(N5CCC56CN(C)C6)c4cn3)n2)C[C@@H]1F. The van der Waals surface area contributed by atoms with Gasteiger partial charge >= 0.3 is 0 Å². The van der Waals surface area contributed by atoms with E-state index in [2.05, 4.69) is 52.0 Å². The molecule has 6 rings (SSSR count). The summed E-state index contributed by atoms with van der Waals surface area (Å²) in [7, 11) is 3.73. The highest BCUT2D eigenvalue weighted by molar-refractivity contribution is 5.96. The van der Waals surface area contributed by atoms with Crippen molar-refractivity contribution in [2.24, 2.45) is 0 Å². The number of hydrogen-bond donors (Lipinski definition) is 1. The number of aromatic nitrogens is 4. The Morgan fingerprint density at radius 3 is 2.62 bits per heavy atom. The van der Waals surface area contributed by atoms with Gasteiger partial charge < -0.3 is 24.8 Å². The van der Waals surface area contributed by atoms with Gasteiger partial charge in [0.1, 0.15) is 23.6 Å². The Bertz CT molecular complexity index is 1300. The van der Waals surface area contributed by atoms with Crippen LogP contribution in [0.1, 0.15) is 38.2 Å². The Balaban J connectivity index is 1.28. The first-order valence-corrected chi connectivity index (χ1v) is 13.1. The molecule has 0 aliphatic carbocycles. The number of rotatable bonds is 6. The minimum absolute atomic E-state index is 0.220. The quantitative estimate of drug-likeness (QED) is 0.538. The Labute approximate surface area is 217 Å². The van der Waals surface area contributed by atoms with E-state index in [9.17, 15) is 4.39 Å². The first-order valence-electron chi connectivity index (χ1n) is 13.1. The summed E-state index contributed by atoms with van der Waals surface area (Å²) in [5.41, 5.74) is 1.42. The zero-order chi connectivity index (χ0) is 25.7.